The molecule has 0 aromatic carbocycles. The Labute approximate surface area is 778 Å². The molecule has 35 atom stereocenters. The van der Waals surface area contributed by atoms with E-state index in [9.17, 15) is 11.1 Å². The topological polar surface area (TPSA) is 402 Å². The van der Waals surface area contributed by atoms with Gasteiger partial charge in [0.2, 0.25) is 0 Å². The summed E-state index contributed by atoms with van der Waals surface area (Å²) in [5.41, 5.74) is 20.6. The monoisotopic (exact) mass is 1950 g/mol. The van der Waals surface area contributed by atoms with Crippen LogP contribution in [0.25, 0.3) is 20.9 Å². The normalized spacial score (nSPS) is 38.9. The molecular weight excluding hydrogens is 1790 g/mol. The third-order valence-electron chi connectivity index (χ3n) is 29.7. The smallest absolute Gasteiger partial charge is 0.192 e. The molecule has 35 unspecified atom stereocenters. The lowest BCUT2D eigenvalue weighted by atomic mass is 9.94. The first-order valence-corrected chi connectivity index (χ1v) is 60.0. The molecule has 0 amide bonds. The number of nitrogens with zero attached hydrogens (tertiary/aromatic N) is 6. The summed E-state index contributed by atoms with van der Waals surface area (Å²) in [6.45, 7) is 52.5. The van der Waals surface area contributed by atoms with Crippen LogP contribution in [-0.4, -0.2) is 402 Å². The van der Waals surface area contributed by atoms with Crippen molar-refractivity contribution in [3.63, 3.8) is 0 Å². The zero-order valence-corrected chi connectivity index (χ0v) is 90.3. The first-order valence-electron chi connectivity index (χ1n) is 45.5. The Bertz CT molecular complexity index is 3410. The minimum absolute atomic E-state index is 0.0491. The number of rotatable bonds is 33. The predicted octanol–water partition coefficient (Wildman–Crippen LogP) is 11.7. The molecule has 21 aliphatic rings. The van der Waals surface area contributed by atoms with Gasteiger partial charge in [-0.1, -0.05) is 114 Å². The van der Waals surface area contributed by atoms with Crippen molar-refractivity contribution in [1.29, 1.82) is 0 Å². The van der Waals surface area contributed by atoms with Gasteiger partial charge < -0.3 is 155 Å². The van der Waals surface area contributed by atoms with Gasteiger partial charge in [-0.05, 0) is 102 Å². The molecule has 44 heteroatoms. The van der Waals surface area contributed by atoms with Crippen molar-refractivity contribution in [2.24, 2.45) is 10.2 Å². The van der Waals surface area contributed by atoms with Crippen LogP contribution in [0.15, 0.2) is 10.2 Å². The van der Waals surface area contributed by atoms with Crippen molar-refractivity contribution in [2.75, 3.05) is 146 Å². The summed E-state index contributed by atoms with van der Waals surface area (Å²) in [4.78, 5) is 6.46. The first kappa shape index (κ1) is 114. The second-order valence-electron chi connectivity index (χ2n) is 42.5. The van der Waals surface area contributed by atoms with Gasteiger partial charge in [0.15, 0.2) is 85.6 Å². The van der Waals surface area contributed by atoms with Crippen LogP contribution in [0.2, 0.25) is 90.7 Å². The van der Waals surface area contributed by atoms with Gasteiger partial charge in [0, 0.05) is 109 Å². The van der Waals surface area contributed by atoms with E-state index in [1.807, 2.05) is 0 Å². The van der Waals surface area contributed by atoms with Gasteiger partial charge >= 0.3 is 0 Å². The summed E-state index contributed by atoms with van der Waals surface area (Å²) in [5, 5.41) is 6.79. The second kappa shape index (κ2) is 47.3. The first-order chi connectivity index (χ1) is 60.7. The Morgan fingerprint density at radius 3 is 0.446 bits per heavy atom. The highest BCUT2D eigenvalue weighted by Crippen LogP contribution is 2.48. The highest BCUT2D eigenvalue weighted by atomic mass is 28.4. The molecule has 14 bridgehead atoms. The number of hydrogen-bond donors (Lipinski definition) is 0. The number of hydrogen-bond acceptors (Lipinski definition) is 35. The molecule has 21 fully saturated rings. The van der Waals surface area contributed by atoms with Crippen LogP contribution in [0.5, 0.6) is 0 Å². The van der Waals surface area contributed by atoms with Crippen LogP contribution in [-0.2, 0) is 155 Å². The predicted molar refractivity (Wildman–Crippen MR) is 490 cm³/mol. The molecule has 21 saturated heterocycles. The third kappa shape index (κ3) is 25.8. The van der Waals surface area contributed by atoms with Crippen LogP contribution < -0.4 is 0 Å². The largest absolute Gasteiger partial charge is 0.414 e. The standard InChI is InChI=1S/C86H166N6O33Si5/c1-82(2,3)126(30,31)107-42-49-56-63(95-18)72(104-27)79(116-49)123-58-51(44-109-128(34,35)84(7,8)9)114-77(70(102-25)65(58)97-20)119-54-47(40-89-91-87)113-76(69(101-24)61(54)93-16)122-57-50(43-108-127(32,33)83(4,5)6)117-80(73(105-28)64(57)96-19)125-60-53(46-111-130(38,39)86(13,14)15)118-81(74(106-29)67(60)99-22)124-59-52(45-110-129(36,37)85(10,11)12)115-78(71(103-26)66(59)98-21)120-55-48(41-90-92-88)112-75(121-56)68(100-23)62(55)94-17/h47-81H,40-46H2,1-39H3. The van der Waals surface area contributed by atoms with Crippen molar-refractivity contribution in [3.8, 4) is 0 Å². The van der Waals surface area contributed by atoms with Gasteiger partial charge in [-0.25, -0.2) is 0 Å². The second-order valence-corrected chi connectivity index (χ2v) is 66.5. The number of ether oxygens (including phenoxy) is 28. The highest BCUT2D eigenvalue weighted by Gasteiger charge is 2.64. The molecule has 0 aromatic heterocycles. The zero-order chi connectivity index (χ0) is 97.3. The lowest BCUT2D eigenvalue weighted by Gasteiger charge is -2.53. The minimum Gasteiger partial charge on any atom is -0.414 e. The van der Waals surface area contributed by atoms with E-state index in [0.717, 1.165) is 0 Å². The lowest BCUT2D eigenvalue weighted by molar-refractivity contribution is -0.400. The molecule has 0 spiro atoms. The number of azide groups is 2. The molecule has 0 saturated carbocycles. The van der Waals surface area contributed by atoms with E-state index >= 15 is 0 Å². The Hall–Kier alpha value is -1.62. The summed E-state index contributed by atoms with van der Waals surface area (Å²) in [6, 6.07) is 0. The maximum atomic E-state index is 10.3. The highest BCUT2D eigenvalue weighted by molar-refractivity contribution is 6.75. The average molecular weight is 1950 g/mol. The molecule has 39 nitrogen and oxygen atoms in total. The van der Waals surface area contributed by atoms with E-state index in [0.29, 0.717) is 0 Å². The van der Waals surface area contributed by atoms with Gasteiger partial charge in [-0.3, -0.25) is 0 Å². The average Bonchev–Trinajstić information content (AvgIpc) is 0.762. The van der Waals surface area contributed by atoms with Gasteiger partial charge in [0.05, 0.1) is 58.3 Å². The van der Waals surface area contributed by atoms with E-state index < -0.39 is 257 Å². The Morgan fingerprint density at radius 1 is 0.208 bits per heavy atom. The number of methoxy groups -OCH3 is 14. The summed E-state index contributed by atoms with van der Waals surface area (Å²) in [5.74, 6) is 0. The van der Waals surface area contributed by atoms with E-state index in [1.165, 1.54) is 92.4 Å². The van der Waals surface area contributed by atoms with E-state index in [1.54, 1.807) is 7.11 Å². The summed E-state index contributed by atoms with van der Waals surface area (Å²) >= 11 is 0. The van der Waals surface area contributed by atoms with Crippen molar-refractivity contribution < 1.29 is 155 Å². The van der Waals surface area contributed by atoms with Crippen molar-refractivity contribution in [2.45, 2.75) is 409 Å². The van der Waals surface area contributed by atoms with Gasteiger partial charge in [0.1, 0.15) is 159 Å². The quantitative estimate of drug-likeness (QED) is 0.0255. The third-order valence-corrected chi connectivity index (χ3v) is 52.2. The Balaban J connectivity index is 1.39. The summed E-state index contributed by atoms with van der Waals surface area (Å²) in [7, 11) is 7.89. The maximum Gasteiger partial charge on any atom is 0.192 e. The van der Waals surface area contributed by atoms with Gasteiger partial charge in [-0.15, -0.1) is 0 Å². The van der Waals surface area contributed by atoms with Gasteiger partial charge in [-0.2, -0.15) is 0 Å². The van der Waals surface area contributed by atoms with Crippen LogP contribution in [0.4, 0.5) is 0 Å². The Morgan fingerprint density at radius 2 is 0.331 bits per heavy atom. The van der Waals surface area contributed by atoms with Crippen molar-refractivity contribution in [1.82, 2.24) is 0 Å². The fourth-order valence-electron chi connectivity index (χ4n) is 16.5. The van der Waals surface area contributed by atoms with E-state index in [4.69, 9.17) is 155 Å². The molecule has 0 aromatic rings. The lowest BCUT2D eigenvalue weighted by Crippen LogP contribution is -2.69. The summed E-state index contributed by atoms with van der Waals surface area (Å²) in [6.07, 6.45) is -40.7. The SMILES string of the molecule is COC1C2OC(CN=[N+]=[N-])C(OC3OC(CO[Si](C)(C)C(C)(C)C)C(OC4OC(CO[Si](C)(C)C(C)(C)C)C(OC5OC(CN=[N+]=[N-])C(OC6OC(CO[Si](C)(C)C(C)(C)C)C(OC7OC(CO[Si](C)(C)C(C)(C)C)C(OC8OC(CO[Si](C)(C)C(C)(C)C)C(O2)C(OC)C8OC)C(OC)C7OC)C(OC)C6OC)C(OC)C5OC)C(OC)C4OC)C(OC)C3OC)C1OC. The maximum absolute atomic E-state index is 10.3. The van der Waals surface area contributed by atoms with E-state index in [2.05, 4.69) is 189 Å². The molecule has 0 radical (unpaired) electrons. The molecule has 21 aliphatic heterocycles. The molecular formula is C86H166N6O33Si5. The molecule has 21 heterocycles. The summed E-state index contributed by atoms with van der Waals surface area (Å²) < 4.78 is 231. The Kier molecular flexibility index (Phi) is 41.4. The fourth-order valence-corrected chi connectivity index (χ4v) is 21.6. The molecule has 758 valence electrons. The van der Waals surface area contributed by atoms with Crippen molar-refractivity contribution in [3.05, 3.63) is 20.9 Å². The molecule has 130 heavy (non-hydrogen) atoms. The fraction of sp³-hybridized carbons (Fsp3) is 1.00. The van der Waals surface area contributed by atoms with Crippen LogP contribution in [0, 0.1) is 0 Å². The molecule has 21 rings (SSSR count). The van der Waals surface area contributed by atoms with Gasteiger partial charge in [0.25, 0.3) is 0 Å². The molecule has 0 N–H and O–H groups in total. The van der Waals surface area contributed by atoms with Crippen LogP contribution in [0.3, 0.4) is 0 Å². The van der Waals surface area contributed by atoms with Crippen LogP contribution in [0.1, 0.15) is 104 Å². The zero-order valence-electron chi connectivity index (χ0n) is 85.3. The molecule has 0 aliphatic carbocycles. The van der Waals surface area contributed by atoms with Crippen LogP contribution >= 0.6 is 0 Å². The van der Waals surface area contributed by atoms with E-state index in [-0.39, 0.29) is 71.3 Å². The van der Waals surface area contributed by atoms with Crippen molar-refractivity contribution >= 4 is 41.6 Å². The minimum atomic E-state index is -2.67.